The van der Waals surface area contributed by atoms with Crippen molar-refractivity contribution in [1.29, 1.82) is 0 Å². The zero-order valence-corrected chi connectivity index (χ0v) is 17.1. The topological polar surface area (TPSA) is 59.1 Å². The Kier molecular flexibility index (Phi) is 5.22. The molecule has 1 spiro atoms. The Balaban J connectivity index is 1.53. The number of aryl methyl sites for hydroxylation is 1. The average Bonchev–Trinajstić information content (AvgIpc) is 3.05. The quantitative estimate of drug-likeness (QED) is 0.785. The lowest BCUT2D eigenvalue weighted by Gasteiger charge is -2.43. The molecule has 4 rings (SSSR count). The predicted molar refractivity (Wildman–Crippen MR) is 104 cm³/mol. The van der Waals surface area contributed by atoms with Gasteiger partial charge in [0.05, 0.1) is 19.4 Å². The second-order valence-electron chi connectivity index (χ2n) is 8.46. The van der Waals surface area contributed by atoms with Crippen LogP contribution in [-0.4, -0.2) is 68.9 Å². The molecule has 7 heteroatoms. The molecule has 1 aromatic rings. The van der Waals surface area contributed by atoms with Gasteiger partial charge in [0.2, 0.25) is 10.0 Å². The van der Waals surface area contributed by atoms with Crippen LogP contribution in [0.15, 0.2) is 18.2 Å². The molecule has 1 unspecified atom stereocenters. The Labute approximate surface area is 162 Å². The lowest BCUT2D eigenvalue weighted by Crippen LogP contribution is -2.54. The number of hydrogen-bond acceptors (Lipinski definition) is 5. The first kappa shape index (κ1) is 19.2. The SMILES string of the molecule is Cc1ccc2c(c1)CN(S(C)(=O)=O)CC1(CCN(CC3CCOC3)CC1)O2. The van der Waals surface area contributed by atoms with Crippen LogP contribution in [0.2, 0.25) is 0 Å². The fraction of sp³-hybridized carbons (Fsp3) is 0.700. The van der Waals surface area contributed by atoms with Crippen LogP contribution in [0.3, 0.4) is 0 Å². The number of benzene rings is 1. The molecule has 0 radical (unpaired) electrons. The third kappa shape index (κ3) is 4.31. The van der Waals surface area contributed by atoms with Gasteiger partial charge < -0.3 is 14.4 Å². The third-order valence-electron chi connectivity index (χ3n) is 6.13. The second-order valence-corrected chi connectivity index (χ2v) is 10.4. The molecule has 1 aromatic carbocycles. The van der Waals surface area contributed by atoms with E-state index in [9.17, 15) is 8.42 Å². The first-order valence-electron chi connectivity index (χ1n) is 9.87. The fourth-order valence-electron chi connectivity index (χ4n) is 4.49. The summed E-state index contributed by atoms with van der Waals surface area (Å²) in [5, 5.41) is 0. The van der Waals surface area contributed by atoms with E-state index in [0.29, 0.717) is 19.0 Å². The van der Waals surface area contributed by atoms with Crippen molar-refractivity contribution in [3.8, 4) is 5.75 Å². The van der Waals surface area contributed by atoms with Gasteiger partial charge in [-0.15, -0.1) is 0 Å². The van der Waals surface area contributed by atoms with Crippen LogP contribution in [-0.2, 0) is 21.3 Å². The lowest BCUT2D eigenvalue weighted by atomic mass is 9.90. The van der Waals surface area contributed by atoms with Gasteiger partial charge in [-0.1, -0.05) is 17.7 Å². The highest BCUT2D eigenvalue weighted by Gasteiger charge is 2.43. The Morgan fingerprint density at radius 3 is 2.70 bits per heavy atom. The van der Waals surface area contributed by atoms with Gasteiger partial charge in [-0.2, -0.15) is 4.31 Å². The van der Waals surface area contributed by atoms with Crippen LogP contribution in [0.1, 0.15) is 30.4 Å². The Morgan fingerprint density at radius 2 is 2.04 bits per heavy atom. The van der Waals surface area contributed by atoms with E-state index in [4.69, 9.17) is 9.47 Å². The van der Waals surface area contributed by atoms with Crippen molar-refractivity contribution in [2.75, 3.05) is 45.6 Å². The average molecular weight is 395 g/mol. The summed E-state index contributed by atoms with van der Waals surface area (Å²) >= 11 is 0. The maximum Gasteiger partial charge on any atom is 0.211 e. The summed E-state index contributed by atoms with van der Waals surface area (Å²) in [6.07, 6.45) is 4.14. The van der Waals surface area contributed by atoms with Crippen LogP contribution in [0.5, 0.6) is 5.75 Å². The van der Waals surface area contributed by atoms with Gasteiger partial charge in [0, 0.05) is 51.2 Å². The highest BCUT2D eigenvalue weighted by molar-refractivity contribution is 7.88. The van der Waals surface area contributed by atoms with Crippen LogP contribution in [0.4, 0.5) is 0 Å². The molecule has 0 bridgehead atoms. The Hall–Kier alpha value is -1.15. The molecule has 0 saturated carbocycles. The molecule has 0 amide bonds. The molecular weight excluding hydrogens is 364 g/mol. The fourth-order valence-corrected chi connectivity index (χ4v) is 5.34. The smallest absolute Gasteiger partial charge is 0.211 e. The lowest BCUT2D eigenvalue weighted by molar-refractivity contribution is -0.00907. The third-order valence-corrected chi connectivity index (χ3v) is 7.33. The molecule has 2 fully saturated rings. The van der Waals surface area contributed by atoms with Crippen molar-refractivity contribution >= 4 is 10.0 Å². The molecule has 27 heavy (non-hydrogen) atoms. The van der Waals surface area contributed by atoms with E-state index >= 15 is 0 Å². The van der Waals surface area contributed by atoms with Crippen molar-refractivity contribution in [3.63, 3.8) is 0 Å². The molecule has 0 aliphatic carbocycles. The normalized spacial score (nSPS) is 26.5. The molecule has 3 heterocycles. The summed E-state index contributed by atoms with van der Waals surface area (Å²) in [5.41, 5.74) is 1.64. The largest absolute Gasteiger partial charge is 0.485 e. The van der Waals surface area contributed by atoms with E-state index in [2.05, 4.69) is 4.90 Å². The second kappa shape index (κ2) is 7.35. The molecule has 1 atom stereocenters. The van der Waals surface area contributed by atoms with Gasteiger partial charge in [0.1, 0.15) is 11.4 Å². The summed E-state index contributed by atoms with van der Waals surface area (Å²) in [6, 6.07) is 6.08. The minimum atomic E-state index is -3.29. The molecule has 2 saturated heterocycles. The summed E-state index contributed by atoms with van der Waals surface area (Å²) in [7, 11) is -3.29. The summed E-state index contributed by atoms with van der Waals surface area (Å²) < 4.78 is 38.4. The molecule has 150 valence electrons. The van der Waals surface area contributed by atoms with Crippen molar-refractivity contribution in [2.24, 2.45) is 5.92 Å². The van der Waals surface area contributed by atoms with Crippen LogP contribution in [0.25, 0.3) is 0 Å². The zero-order chi connectivity index (χ0) is 19.1. The van der Waals surface area contributed by atoms with Crippen molar-refractivity contribution < 1.29 is 17.9 Å². The number of nitrogens with zero attached hydrogens (tertiary/aromatic N) is 2. The van der Waals surface area contributed by atoms with E-state index < -0.39 is 15.6 Å². The number of likely N-dealkylation sites (tertiary alicyclic amines) is 1. The van der Waals surface area contributed by atoms with Crippen molar-refractivity contribution in [3.05, 3.63) is 29.3 Å². The van der Waals surface area contributed by atoms with E-state index in [-0.39, 0.29) is 0 Å². The van der Waals surface area contributed by atoms with Gasteiger partial charge in [0.15, 0.2) is 0 Å². The predicted octanol–water partition coefficient (Wildman–Crippen LogP) is 2.02. The highest BCUT2D eigenvalue weighted by Crippen LogP contribution is 2.37. The summed E-state index contributed by atoms with van der Waals surface area (Å²) in [6.45, 7) is 7.54. The molecule has 3 aliphatic heterocycles. The number of sulfonamides is 1. The van der Waals surface area contributed by atoms with Gasteiger partial charge in [-0.05, 0) is 25.3 Å². The molecule has 0 N–H and O–H groups in total. The minimum absolute atomic E-state index is 0.390. The van der Waals surface area contributed by atoms with Crippen molar-refractivity contribution in [2.45, 2.75) is 38.3 Å². The van der Waals surface area contributed by atoms with E-state index in [1.807, 2.05) is 25.1 Å². The van der Waals surface area contributed by atoms with Gasteiger partial charge >= 0.3 is 0 Å². The maximum atomic E-state index is 12.4. The number of fused-ring (bicyclic) bond motifs is 1. The molecule has 6 nitrogen and oxygen atoms in total. The van der Waals surface area contributed by atoms with Crippen LogP contribution >= 0.6 is 0 Å². The van der Waals surface area contributed by atoms with Crippen LogP contribution < -0.4 is 4.74 Å². The summed E-state index contributed by atoms with van der Waals surface area (Å²) in [4.78, 5) is 2.49. The first-order valence-corrected chi connectivity index (χ1v) is 11.7. The number of rotatable bonds is 3. The van der Waals surface area contributed by atoms with Crippen LogP contribution in [0, 0.1) is 12.8 Å². The summed E-state index contributed by atoms with van der Waals surface area (Å²) in [5.74, 6) is 1.47. The Morgan fingerprint density at radius 1 is 1.26 bits per heavy atom. The van der Waals surface area contributed by atoms with Crippen molar-refractivity contribution in [1.82, 2.24) is 9.21 Å². The Bertz CT molecular complexity index is 781. The molecular formula is C20H30N2O4S. The highest BCUT2D eigenvalue weighted by atomic mass is 32.2. The number of ether oxygens (including phenoxy) is 2. The maximum absolute atomic E-state index is 12.4. The van der Waals surface area contributed by atoms with Gasteiger partial charge in [-0.25, -0.2) is 8.42 Å². The molecule has 0 aromatic heterocycles. The first-order chi connectivity index (χ1) is 12.8. The number of piperidine rings is 1. The molecule has 3 aliphatic rings. The minimum Gasteiger partial charge on any atom is -0.485 e. The monoisotopic (exact) mass is 394 g/mol. The van der Waals surface area contributed by atoms with E-state index in [1.54, 1.807) is 4.31 Å². The standard InChI is InChI=1S/C20H30N2O4S/c1-16-3-4-19-18(11-16)13-22(27(2,23)24)15-20(26-19)6-8-21(9-7-20)12-17-5-10-25-14-17/h3-4,11,17H,5-10,12-15H2,1-2H3. The van der Waals surface area contributed by atoms with E-state index in [1.165, 1.54) is 6.26 Å². The van der Waals surface area contributed by atoms with E-state index in [0.717, 1.165) is 69.0 Å². The zero-order valence-electron chi connectivity index (χ0n) is 16.3. The van der Waals surface area contributed by atoms with Gasteiger partial charge in [0.25, 0.3) is 0 Å². The number of hydrogen-bond donors (Lipinski definition) is 0. The van der Waals surface area contributed by atoms with Gasteiger partial charge in [-0.3, -0.25) is 0 Å².